The summed E-state index contributed by atoms with van der Waals surface area (Å²) < 4.78 is 0. The molecule has 0 atom stereocenters. The SMILES string of the molecule is CC(C)(C)CC(C)(C)c1c[c]ccc1-c1ccccc1. The second-order valence-electron chi connectivity index (χ2n) is 7.46. The maximum atomic E-state index is 3.26. The lowest BCUT2D eigenvalue weighted by Crippen LogP contribution is -2.25. The van der Waals surface area contributed by atoms with E-state index in [1.165, 1.54) is 16.7 Å². The van der Waals surface area contributed by atoms with E-state index in [9.17, 15) is 0 Å². The third-order valence-corrected chi connectivity index (χ3v) is 3.65. The maximum absolute atomic E-state index is 3.26. The maximum Gasteiger partial charge on any atom is -0.00922 e. The highest BCUT2D eigenvalue weighted by Gasteiger charge is 2.29. The predicted molar refractivity (Wildman–Crippen MR) is 87.8 cm³/mol. The van der Waals surface area contributed by atoms with Crippen molar-refractivity contribution < 1.29 is 0 Å². The van der Waals surface area contributed by atoms with Gasteiger partial charge in [-0.25, -0.2) is 0 Å². The summed E-state index contributed by atoms with van der Waals surface area (Å²) in [5, 5.41) is 0. The minimum Gasteiger partial charge on any atom is -0.0622 e. The highest BCUT2D eigenvalue weighted by Crippen LogP contribution is 2.40. The van der Waals surface area contributed by atoms with Gasteiger partial charge >= 0.3 is 0 Å². The van der Waals surface area contributed by atoms with E-state index < -0.39 is 0 Å². The van der Waals surface area contributed by atoms with E-state index in [0.717, 1.165) is 6.42 Å². The molecular weight excluding hydrogens is 240 g/mol. The molecule has 0 heterocycles. The number of hydrogen-bond donors (Lipinski definition) is 0. The summed E-state index contributed by atoms with van der Waals surface area (Å²) in [6.45, 7) is 11.6. The first-order chi connectivity index (χ1) is 9.30. The second kappa shape index (κ2) is 5.44. The van der Waals surface area contributed by atoms with E-state index in [0.29, 0.717) is 5.41 Å². The lowest BCUT2D eigenvalue weighted by molar-refractivity contribution is 0.284. The standard InChI is InChI=1S/C20H25/c1-19(2,3)15-20(4,5)18-14-10-9-13-17(18)16-11-7-6-8-12-16/h6-9,11-14H,15H2,1-5H3. The van der Waals surface area contributed by atoms with Crippen molar-refractivity contribution in [2.75, 3.05) is 0 Å². The fourth-order valence-corrected chi connectivity index (χ4v) is 3.28. The van der Waals surface area contributed by atoms with Gasteiger partial charge in [-0.05, 0) is 46.1 Å². The van der Waals surface area contributed by atoms with Gasteiger partial charge in [0.2, 0.25) is 0 Å². The monoisotopic (exact) mass is 265 g/mol. The van der Waals surface area contributed by atoms with Gasteiger partial charge in [-0.2, -0.15) is 0 Å². The van der Waals surface area contributed by atoms with E-state index in [1.807, 2.05) is 6.07 Å². The fraction of sp³-hybridized carbons (Fsp3) is 0.400. The van der Waals surface area contributed by atoms with Crippen LogP contribution in [-0.2, 0) is 5.41 Å². The predicted octanol–water partition coefficient (Wildman–Crippen LogP) is 5.87. The Kier molecular flexibility index (Phi) is 4.04. The highest BCUT2D eigenvalue weighted by molar-refractivity contribution is 5.68. The molecule has 0 saturated carbocycles. The Balaban J connectivity index is 2.48. The summed E-state index contributed by atoms with van der Waals surface area (Å²) in [7, 11) is 0. The first-order valence-electron chi connectivity index (χ1n) is 7.36. The Bertz CT molecular complexity index is 556. The van der Waals surface area contributed by atoms with Gasteiger partial charge in [-0.15, -0.1) is 0 Å². The number of rotatable bonds is 3. The van der Waals surface area contributed by atoms with Crippen molar-refractivity contribution in [1.29, 1.82) is 0 Å². The van der Waals surface area contributed by atoms with Crippen LogP contribution in [0.15, 0.2) is 48.5 Å². The van der Waals surface area contributed by atoms with Gasteiger partial charge in [0.1, 0.15) is 0 Å². The van der Waals surface area contributed by atoms with Gasteiger partial charge in [0, 0.05) is 0 Å². The Labute approximate surface area is 123 Å². The molecule has 0 nitrogen and oxygen atoms in total. The minimum atomic E-state index is 0.140. The number of benzene rings is 2. The minimum absolute atomic E-state index is 0.140. The van der Waals surface area contributed by atoms with Crippen molar-refractivity contribution in [3.63, 3.8) is 0 Å². The van der Waals surface area contributed by atoms with Crippen molar-refractivity contribution in [3.05, 3.63) is 60.2 Å². The Morgan fingerprint density at radius 2 is 1.55 bits per heavy atom. The van der Waals surface area contributed by atoms with Crippen LogP contribution in [0, 0.1) is 11.5 Å². The fourth-order valence-electron chi connectivity index (χ4n) is 3.28. The normalized spacial score (nSPS) is 12.4. The Morgan fingerprint density at radius 1 is 0.900 bits per heavy atom. The quantitative estimate of drug-likeness (QED) is 0.651. The van der Waals surface area contributed by atoms with Gasteiger partial charge < -0.3 is 0 Å². The van der Waals surface area contributed by atoms with Crippen LogP contribution >= 0.6 is 0 Å². The topological polar surface area (TPSA) is 0 Å². The van der Waals surface area contributed by atoms with Crippen LogP contribution in [0.2, 0.25) is 0 Å². The molecular formula is C20H25. The summed E-state index contributed by atoms with van der Waals surface area (Å²) in [5.74, 6) is 0. The van der Waals surface area contributed by atoms with Crippen molar-refractivity contribution in [3.8, 4) is 11.1 Å². The molecule has 105 valence electrons. The molecule has 0 heteroatoms. The van der Waals surface area contributed by atoms with Gasteiger partial charge in [0.25, 0.3) is 0 Å². The zero-order valence-electron chi connectivity index (χ0n) is 13.3. The van der Waals surface area contributed by atoms with Gasteiger partial charge in [-0.3, -0.25) is 0 Å². The van der Waals surface area contributed by atoms with Crippen LogP contribution in [0.5, 0.6) is 0 Å². The van der Waals surface area contributed by atoms with Crippen LogP contribution in [0.3, 0.4) is 0 Å². The largest absolute Gasteiger partial charge is 0.0622 e. The first-order valence-corrected chi connectivity index (χ1v) is 7.36. The molecule has 0 aliphatic rings. The van der Waals surface area contributed by atoms with E-state index >= 15 is 0 Å². The van der Waals surface area contributed by atoms with Crippen molar-refractivity contribution in [2.24, 2.45) is 5.41 Å². The smallest absolute Gasteiger partial charge is 0.00922 e. The Hall–Kier alpha value is -1.56. The zero-order valence-corrected chi connectivity index (χ0v) is 13.3. The second-order valence-corrected chi connectivity index (χ2v) is 7.46. The highest BCUT2D eigenvalue weighted by atomic mass is 14.3. The first kappa shape index (κ1) is 14.8. The molecule has 0 aromatic heterocycles. The third kappa shape index (κ3) is 3.50. The molecule has 2 aromatic carbocycles. The average Bonchev–Trinajstić information content (AvgIpc) is 2.37. The summed E-state index contributed by atoms with van der Waals surface area (Å²) in [5.41, 5.74) is 4.47. The molecule has 1 radical (unpaired) electrons. The van der Waals surface area contributed by atoms with Crippen LogP contribution < -0.4 is 0 Å². The summed E-state index contributed by atoms with van der Waals surface area (Å²) in [6.07, 6.45) is 1.15. The molecule has 0 bridgehead atoms. The molecule has 0 unspecified atom stereocenters. The molecule has 0 aliphatic carbocycles. The van der Waals surface area contributed by atoms with Gasteiger partial charge in [-0.1, -0.05) is 77.1 Å². The van der Waals surface area contributed by atoms with Crippen LogP contribution in [0.4, 0.5) is 0 Å². The van der Waals surface area contributed by atoms with Crippen molar-refractivity contribution >= 4 is 0 Å². The molecule has 2 aromatic rings. The molecule has 20 heavy (non-hydrogen) atoms. The van der Waals surface area contributed by atoms with Crippen molar-refractivity contribution in [1.82, 2.24) is 0 Å². The molecule has 0 fully saturated rings. The van der Waals surface area contributed by atoms with E-state index in [1.54, 1.807) is 0 Å². The Morgan fingerprint density at radius 3 is 2.15 bits per heavy atom. The molecule has 0 amide bonds. The van der Waals surface area contributed by atoms with Crippen LogP contribution in [0.1, 0.15) is 46.6 Å². The summed E-state index contributed by atoms with van der Waals surface area (Å²) in [6, 6.07) is 20.3. The summed E-state index contributed by atoms with van der Waals surface area (Å²) >= 11 is 0. The lowest BCUT2D eigenvalue weighted by Gasteiger charge is -2.34. The molecule has 0 spiro atoms. The van der Waals surface area contributed by atoms with E-state index in [2.05, 4.69) is 83.1 Å². The van der Waals surface area contributed by atoms with Gasteiger partial charge in [0.15, 0.2) is 0 Å². The molecule has 0 aliphatic heterocycles. The number of hydrogen-bond acceptors (Lipinski definition) is 0. The zero-order chi connectivity index (χ0) is 14.8. The van der Waals surface area contributed by atoms with Crippen molar-refractivity contribution in [2.45, 2.75) is 46.5 Å². The molecule has 0 saturated heterocycles. The van der Waals surface area contributed by atoms with E-state index in [-0.39, 0.29) is 5.41 Å². The van der Waals surface area contributed by atoms with E-state index in [4.69, 9.17) is 0 Å². The van der Waals surface area contributed by atoms with Crippen LogP contribution in [0.25, 0.3) is 11.1 Å². The lowest BCUT2D eigenvalue weighted by atomic mass is 9.70. The average molecular weight is 265 g/mol. The van der Waals surface area contributed by atoms with Crippen LogP contribution in [-0.4, -0.2) is 0 Å². The van der Waals surface area contributed by atoms with Gasteiger partial charge in [0.05, 0.1) is 0 Å². The molecule has 0 N–H and O–H groups in total. The molecule has 2 rings (SSSR count). The summed E-state index contributed by atoms with van der Waals surface area (Å²) in [4.78, 5) is 0. The third-order valence-electron chi connectivity index (χ3n) is 3.65.